The number of carbonyl (C=O) groups is 3. The van der Waals surface area contributed by atoms with Crippen LogP contribution in [0.4, 0.5) is 5.69 Å². The van der Waals surface area contributed by atoms with Crippen molar-refractivity contribution < 1.29 is 19.1 Å². The van der Waals surface area contributed by atoms with Crippen molar-refractivity contribution in [2.45, 2.75) is 37.8 Å². The molecule has 0 aliphatic carbocycles. The molecular weight excluding hydrogens is 438 g/mol. The maximum absolute atomic E-state index is 13.1. The second-order valence-electron chi connectivity index (χ2n) is 8.31. The Kier molecular flexibility index (Phi) is 6.92. The van der Waals surface area contributed by atoms with Crippen molar-refractivity contribution in [1.82, 2.24) is 15.2 Å². The molecule has 0 saturated carbocycles. The molecule has 2 aliphatic rings. The Morgan fingerprint density at radius 3 is 2.68 bits per heavy atom. The molecule has 176 valence electrons. The molecule has 1 aromatic heterocycles. The van der Waals surface area contributed by atoms with Crippen LogP contribution in [0.15, 0.2) is 47.3 Å². The predicted octanol–water partition coefficient (Wildman–Crippen LogP) is 0.888. The van der Waals surface area contributed by atoms with Gasteiger partial charge in [0, 0.05) is 18.2 Å². The van der Waals surface area contributed by atoms with Gasteiger partial charge in [0.25, 0.3) is 5.56 Å². The Labute approximate surface area is 195 Å². The molecule has 2 amide bonds. The van der Waals surface area contributed by atoms with Gasteiger partial charge in [-0.05, 0) is 49.9 Å². The van der Waals surface area contributed by atoms with Gasteiger partial charge in [-0.1, -0.05) is 18.2 Å². The summed E-state index contributed by atoms with van der Waals surface area (Å²) >= 11 is 0. The molecule has 1 aromatic carbocycles. The minimum atomic E-state index is -0.824. The van der Waals surface area contributed by atoms with Crippen LogP contribution >= 0.6 is 0 Å². The number of pyridine rings is 1. The second kappa shape index (κ2) is 10.2. The van der Waals surface area contributed by atoms with E-state index in [9.17, 15) is 24.4 Å². The van der Waals surface area contributed by atoms with E-state index in [1.807, 2.05) is 6.07 Å². The Morgan fingerprint density at radius 1 is 1.18 bits per heavy atom. The zero-order valence-corrected chi connectivity index (χ0v) is 18.5. The van der Waals surface area contributed by atoms with Gasteiger partial charge in [-0.25, -0.2) is 4.79 Å². The summed E-state index contributed by atoms with van der Waals surface area (Å²) in [6, 6.07) is 12.4. The fourth-order valence-electron chi connectivity index (χ4n) is 4.32. The Hall–Kier alpha value is -4.13. The van der Waals surface area contributed by atoms with Gasteiger partial charge >= 0.3 is 5.97 Å². The molecule has 0 bridgehead atoms. The number of esters is 1. The van der Waals surface area contributed by atoms with Crippen LogP contribution in [0.1, 0.15) is 31.0 Å². The zero-order chi connectivity index (χ0) is 24.1. The number of aromatic nitrogens is 1. The van der Waals surface area contributed by atoms with Crippen LogP contribution < -0.4 is 26.2 Å². The molecule has 1 fully saturated rings. The van der Waals surface area contributed by atoms with Crippen LogP contribution in [-0.4, -0.2) is 41.5 Å². The highest BCUT2D eigenvalue weighted by molar-refractivity contribution is 5.83. The molecule has 3 N–H and O–H groups in total. The van der Waals surface area contributed by atoms with Crippen LogP contribution in [0.3, 0.4) is 0 Å². The monoisotopic (exact) mass is 463 g/mol. The van der Waals surface area contributed by atoms with Crippen molar-refractivity contribution in [2.24, 2.45) is 5.92 Å². The highest BCUT2D eigenvalue weighted by Gasteiger charge is 2.33. The summed E-state index contributed by atoms with van der Waals surface area (Å²) in [6.45, 7) is 0.343. The number of fused-ring (bicyclic) bond motifs is 1. The molecule has 1 saturated heterocycles. The van der Waals surface area contributed by atoms with Crippen molar-refractivity contribution in [3.63, 3.8) is 0 Å². The highest BCUT2D eigenvalue weighted by atomic mass is 16.5. The lowest BCUT2D eigenvalue weighted by molar-refractivity contribution is -0.132. The number of ether oxygens (including phenoxy) is 1. The topological polar surface area (TPSA) is 142 Å². The lowest BCUT2D eigenvalue weighted by Gasteiger charge is -2.19. The van der Waals surface area contributed by atoms with E-state index in [1.165, 1.54) is 4.57 Å². The van der Waals surface area contributed by atoms with E-state index < -0.39 is 29.5 Å². The molecule has 0 radical (unpaired) electrons. The van der Waals surface area contributed by atoms with Crippen molar-refractivity contribution >= 4 is 23.5 Å². The van der Waals surface area contributed by atoms with E-state index in [4.69, 9.17) is 4.74 Å². The van der Waals surface area contributed by atoms with Gasteiger partial charge in [0.1, 0.15) is 30.1 Å². The summed E-state index contributed by atoms with van der Waals surface area (Å²) in [7, 11) is 0. The van der Waals surface area contributed by atoms with Gasteiger partial charge in [-0.3, -0.25) is 19.0 Å². The molecule has 3 unspecified atom stereocenters. The molecule has 10 nitrogen and oxygen atoms in total. The van der Waals surface area contributed by atoms with Gasteiger partial charge in [0.2, 0.25) is 11.8 Å². The number of para-hydroxylation sites is 1. The fraction of sp³-hybridized carbons (Fsp3) is 0.375. The first kappa shape index (κ1) is 23.0. The number of amides is 2. The molecule has 3 atom stereocenters. The van der Waals surface area contributed by atoms with Gasteiger partial charge in [-0.15, -0.1) is 0 Å². The number of nitriles is 1. The number of rotatable bonds is 8. The first-order valence-electron chi connectivity index (χ1n) is 11.2. The number of carbonyl (C=O) groups excluding carboxylic acids is 3. The normalized spacial score (nSPS) is 19.4. The van der Waals surface area contributed by atoms with Gasteiger partial charge in [-0.2, -0.15) is 5.26 Å². The lowest BCUT2D eigenvalue weighted by Crippen LogP contribution is -2.42. The van der Waals surface area contributed by atoms with E-state index in [-0.39, 0.29) is 30.5 Å². The average Bonchev–Trinajstić information content (AvgIpc) is 3.45. The van der Waals surface area contributed by atoms with Crippen LogP contribution in [0.5, 0.6) is 5.75 Å². The van der Waals surface area contributed by atoms with Crippen molar-refractivity contribution in [3.05, 3.63) is 58.5 Å². The molecule has 3 heterocycles. The number of anilines is 1. The smallest absolute Gasteiger partial charge is 0.330 e. The van der Waals surface area contributed by atoms with Crippen LogP contribution in [0.25, 0.3) is 0 Å². The van der Waals surface area contributed by atoms with E-state index in [0.717, 1.165) is 0 Å². The van der Waals surface area contributed by atoms with Crippen molar-refractivity contribution in [3.8, 4) is 11.8 Å². The van der Waals surface area contributed by atoms with Gasteiger partial charge in [0.15, 0.2) is 0 Å². The number of benzene rings is 1. The maximum Gasteiger partial charge on any atom is 0.330 e. The summed E-state index contributed by atoms with van der Waals surface area (Å²) in [5, 5.41) is 17.7. The van der Waals surface area contributed by atoms with E-state index in [0.29, 0.717) is 37.3 Å². The minimum Gasteiger partial charge on any atom is -0.425 e. The summed E-state index contributed by atoms with van der Waals surface area (Å²) in [5.41, 5.74) is 0.450. The number of aryl methyl sites for hydroxylation is 1. The van der Waals surface area contributed by atoms with Crippen LogP contribution in [0.2, 0.25) is 0 Å². The number of nitrogens with zero attached hydrogens (tertiary/aromatic N) is 2. The molecule has 4 rings (SSSR count). The number of hydrogen-bond acceptors (Lipinski definition) is 7. The largest absolute Gasteiger partial charge is 0.425 e. The van der Waals surface area contributed by atoms with E-state index in [1.54, 1.807) is 42.5 Å². The van der Waals surface area contributed by atoms with Gasteiger partial charge in [0.05, 0.1) is 6.07 Å². The Balaban J connectivity index is 1.41. The molecule has 10 heteroatoms. The molecule has 34 heavy (non-hydrogen) atoms. The molecule has 0 spiro atoms. The zero-order valence-electron chi connectivity index (χ0n) is 18.5. The Bertz CT molecular complexity index is 1190. The average molecular weight is 463 g/mol. The third kappa shape index (κ3) is 5.09. The Morgan fingerprint density at radius 2 is 1.97 bits per heavy atom. The van der Waals surface area contributed by atoms with Crippen molar-refractivity contribution in [1.29, 1.82) is 5.26 Å². The van der Waals surface area contributed by atoms with Crippen LogP contribution in [0, 0.1) is 17.2 Å². The SMILES string of the molecule is N#CC(CC1CCNC1=O)NC(=O)C1CCc2ccc(NCC(=O)Oc3ccccc3)c(=O)n21. The highest BCUT2D eigenvalue weighted by Crippen LogP contribution is 2.25. The maximum atomic E-state index is 13.1. The standard InChI is InChI=1S/C24H25N5O5/c25-13-16(12-15-10-11-26-22(15)31)28-23(32)20-9-7-17-6-8-19(24(33)29(17)20)27-14-21(30)34-18-4-2-1-3-5-18/h1-6,8,15-16,20,27H,7,9-12,14H2,(H,26,31)(H,28,32). The van der Waals surface area contributed by atoms with E-state index >= 15 is 0 Å². The number of hydrogen-bond donors (Lipinski definition) is 3. The second-order valence-corrected chi connectivity index (χ2v) is 8.31. The van der Waals surface area contributed by atoms with Crippen LogP contribution in [-0.2, 0) is 20.8 Å². The molecular formula is C24H25N5O5. The summed E-state index contributed by atoms with van der Waals surface area (Å²) in [5.74, 6) is -1.02. The summed E-state index contributed by atoms with van der Waals surface area (Å²) in [6.07, 6.45) is 1.81. The molecule has 2 aromatic rings. The summed E-state index contributed by atoms with van der Waals surface area (Å²) < 4.78 is 6.61. The fourth-order valence-corrected chi connectivity index (χ4v) is 4.32. The predicted molar refractivity (Wildman–Crippen MR) is 122 cm³/mol. The van der Waals surface area contributed by atoms with E-state index in [2.05, 4.69) is 16.0 Å². The van der Waals surface area contributed by atoms with Gasteiger partial charge < -0.3 is 20.7 Å². The first-order chi connectivity index (χ1) is 16.5. The third-order valence-corrected chi connectivity index (χ3v) is 6.04. The molecule has 2 aliphatic heterocycles. The quantitative estimate of drug-likeness (QED) is 0.390. The summed E-state index contributed by atoms with van der Waals surface area (Å²) in [4.78, 5) is 49.9. The third-order valence-electron chi connectivity index (χ3n) is 6.04. The first-order valence-corrected chi connectivity index (χ1v) is 11.2. The number of nitrogens with one attached hydrogen (secondary N) is 3. The lowest BCUT2D eigenvalue weighted by atomic mass is 9.99. The minimum absolute atomic E-state index is 0.113. The van der Waals surface area contributed by atoms with Crippen molar-refractivity contribution in [2.75, 3.05) is 18.4 Å².